The van der Waals surface area contributed by atoms with Crippen molar-refractivity contribution in [3.63, 3.8) is 0 Å². The van der Waals surface area contributed by atoms with Crippen LogP contribution < -0.4 is 0 Å². The van der Waals surface area contributed by atoms with Crippen molar-refractivity contribution >= 4 is 5.97 Å². The van der Waals surface area contributed by atoms with E-state index in [4.69, 9.17) is 10.00 Å². The second-order valence-corrected chi connectivity index (χ2v) is 2.87. The van der Waals surface area contributed by atoms with E-state index < -0.39 is 5.97 Å². The maximum Gasteiger partial charge on any atom is 0.352 e. The molecule has 4 heteroatoms. The van der Waals surface area contributed by atoms with Gasteiger partial charge in [-0.2, -0.15) is 5.26 Å². The Morgan fingerprint density at radius 2 is 2.23 bits per heavy atom. The van der Waals surface area contributed by atoms with Crippen LogP contribution in [0.15, 0.2) is 11.8 Å². The maximum atomic E-state index is 11.1. The molecule has 0 fully saturated rings. The predicted molar refractivity (Wildman–Crippen MR) is 46.5 cm³/mol. The van der Waals surface area contributed by atoms with Crippen LogP contribution in [0.3, 0.4) is 0 Å². The van der Waals surface area contributed by atoms with Crippen LogP contribution in [0, 0.1) is 17.2 Å². The summed E-state index contributed by atoms with van der Waals surface area (Å²) in [4.78, 5) is 11.1. The first kappa shape index (κ1) is 11.5. The summed E-state index contributed by atoms with van der Waals surface area (Å²) >= 11 is 0. The molecule has 0 aliphatic carbocycles. The summed E-state index contributed by atoms with van der Waals surface area (Å²) in [6.07, 6.45) is 1.07. The van der Waals surface area contributed by atoms with E-state index in [9.17, 15) is 4.79 Å². The molecule has 13 heavy (non-hydrogen) atoms. The van der Waals surface area contributed by atoms with Gasteiger partial charge in [-0.05, 0) is 5.92 Å². The van der Waals surface area contributed by atoms with Crippen molar-refractivity contribution in [3.8, 4) is 6.07 Å². The van der Waals surface area contributed by atoms with E-state index in [-0.39, 0.29) is 11.5 Å². The lowest BCUT2D eigenvalue weighted by Crippen LogP contribution is -2.11. The van der Waals surface area contributed by atoms with Crippen molar-refractivity contribution in [2.24, 2.45) is 5.92 Å². The van der Waals surface area contributed by atoms with Crippen LogP contribution in [-0.2, 0) is 14.3 Å². The molecule has 0 spiro atoms. The third-order valence-electron chi connectivity index (χ3n) is 1.12. The SMILES string of the molecule is CO/C=C(/C#N)C(=O)OCC(C)C. The Morgan fingerprint density at radius 1 is 1.62 bits per heavy atom. The molecule has 0 radical (unpaired) electrons. The average Bonchev–Trinajstić information content (AvgIpc) is 2.10. The quantitative estimate of drug-likeness (QED) is 0.285. The number of esters is 1. The lowest BCUT2D eigenvalue weighted by atomic mass is 10.2. The molecular formula is C9H13NO3. The zero-order chi connectivity index (χ0) is 10.3. The van der Waals surface area contributed by atoms with Gasteiger partial charge in [-0.25, -0.2) is 4.79 Å². The Bertz CT molecular complexity index is 238. The van der Waals surface area contributed by atoms with Crippen molar-refractivity contribution in [1.29, 1.82) is 5.26 Å². The molecule has 0 aromatic carbocycles. The first-order chi connectivity index (χ1) is 6.11. The largest absolute Gasteiger partial charge is 0.503 e. The summed E-state index contributed by atoms with van der Waals surface area (Å²) in [5, 5.41) is 8.49. The van der Waals surface area contributed by atoms with Gasteiger partial charge in [-0.1, -0.05) is 13.8 Å². The predicted octanol–water partition coefficient (Wildman–Crippen LogP) is 1.24. The minimum atomic E-state index is -0.641. The van der Waals surface area contributed by atoms with E-state index in [1.807, 2.05) is 13.8 Å². The molecule has 0 bridgehead atoms. The molecule has 0 aromatic rings. The molecule has 0 aliphatic rings. The van der Waals surface area contributed by atoms with Gasteiger partial charge in [-0.15, -0.1) is 0 Å². The number of methoxy groups -OCH3 is 1. The van der Waals surface area contributed by atoms with Crippen LogP contribution in [0.4, 0.5) is 0 Å². The summed E-state index contributed by atoms with van der Waals surface area (Å²) < 4.78 is 9.34. The van der Waals surface area contributed by atoms with E-state index in [0.29, 0.717) is 6.61 Å². The molecule has 0 N–H and O–H groups in total. The summed E-state index contributed by atoms with van der Waals surface area (Å²) in [7, 11) is 1.37. The van der Waals surface area contributed by atoms with Crippen molar-refractivity contribution in [3.05, 3.63) is 11.8 Å². The third-order valence-corrected chi connectivity index (χ3v) is 1.12. The van der Waals surface area contributed by atoms with Gasteiger partial charge in [0, 0.05) is 0 Å². The van der Waals surface area contributed by atoms with E-state index in [1.165, 1.54) is 7.11 Å². The summed E-state index contributed by atoms with van der Waals surface area (Å²) in [5.74, 6) is -0.385. The van der Waals surface area contributed by atoms with Crippen molar-refractivity contribution in [2.75, 3.05) is 13.7 Å². The molecule has 72 valence electrons. The average molecular weight is 183 g/mol. The van der Waals surface area contributed by atoms with Crippen molar-refractivity contribution in [1.82, 2.24) is 0 Å². The van der Waals surface area contributed by atoms with Crippen LogP contribution in [-0.4, -0.2) is 19.7 Å². The molecule has 0 aromatic heterocycles. The molecule has 4 nitrogen and oxygen atoms in total. The number of ether oxygens (including phenoxy) is 2. The zero-order valence-corrected chi connectivity index (χ0v) is 8.03. The number of rotatable bonds is 4. The number of nitrogens with zero attached hydrogens (tertiary/aromatic N) is 1. The number of hydrogen-bond donors (Lipinski definition) is 0. The van der Waals surface area contributed by atoms with Crippen molar-refractivity contribution < 1.29 is 14.3 Å². The Labute approximate surface area is 77.8 Å². The van der Waals surface area contributed by atoms with Gasteiger partial charge in [0.15, 0.2) is 5.57 Å². The standard InChI is InChI=1S/C9H13NO3/c1-7(2)5-13-9(11)8(4-10)6-12-3/h6-7H,5H2,1-3H3/b8-6-. The molecule has 0 amide bonds. The fourth-order valence-electron chi connectivity index (χ4n) is 0.558. The smallest absolute Gasteiger partial charge is 0.352 e. The number of nitriles is 1. The Hall–Kier alpha value is -1.50. The van der Waals surface area contributed by atoms with Gasteiger partial charge in [0.25, 0.3) is 0 Å². The topological polar surface area (TPSA) is 59.3 Å². The van der Waals surface area contributed by atoms with E-state index >= 15 is 0 Å². The number of carbonyl (C=O) groups excluding carboxylic acids is 1. The number of hydrogen-bond acceptors (Lipinski definition) is 4. The van der Waals surface area contributed by atoms with Crippen LogP contribution in [0.2, 0.25) is 0 Å². The Morgan fingerprint density at radius 3 is 2.62 bits per heavy atom. The molecule has 0 rings (SSSR count). The van der Waals surface area contributed by atoms with Crippen LogP contribution in [0.5, 0.6) is 0 Å². The molecule has 0 aliphatic heterocycles. The van der Waals surface area contributed by atoms with Gasteiger partial charge in [-0.3, -0.25) is 0 Å². The normalized spacial score (nSPS) is 10.8. The van der Waals surface area contributed by atoms with Gasteiger partial charge < -0.3 is 9.47 Å². The van der Waals surface area contributed by atoms with E-state index in [1.54, 1.807) is 6.07 Å². The van der Waals surface area contributed by atoms with E-state index in [2.05, 4.69) is 4.74 Å². The van der Waals surface area contributed by atoms with Gasteiger partial charge in [0.2, 0.25) is 0 Å². The highest BCUT2D eigenvalue weighted by Crippen LogP contribution is 2.00. The highest BCUT2D eigenvalue weighted by molar-refractivity contribution is 5.92. The summed E-state index contributed by atoms with van der Waals surface area (Å²) in [5.41, 5.74) is -0.122. The summed E-state index contributed by atoms with van der Waals surface area (Å²) in [6, 6.07) is 1.69. The molecule has 0 saturated carbocycles. The second kappa shape index (κ2) is 6.06. The third kappa shape index (κ3) is 4.86. The first-order valence-corrected chi connectivity index (χ1v) is 3.92. The van der Waals surface area contributed by atoms with Gasteiger partial charge in [0.05, 0.1) is 13.7 Å². The molecule has 0 saturated heterocycles. The minimum Gasteiger partial charge on any atom is -0.503 e. The monoisotopic (exact) mass is 183 g/mol. The van der Waals surface area contributed by atoms with Crippen molar-refractivity contribution in [2.45, 2.75) is 13.8 Å². The highest BCUT2D eigenvalue weighted by Gasteiger charge is 2.11. The number of carbonyl (C=O) groups is 1. The zero-order valence-electron chi connectivity index (χ0n) is 8.03. The molecule has 0 unspecified atom stereocenters. The summed E-state index contributed by atoms with van der Waals surface area (Å²) in [6.45, 7) is 4.14. The second-order valence-electron chi connectivity index (χ2n) is 2.87. The van der Waals surface area contributed by atoms with Gasteiger partial charge in [0.1, 0.15) is 12.3 Å². The maximum absolute atomic E-state index is 11.1. The lowest BCUT2D eigenvalue weighted by molar-refractivity contribution is -0.139. The van der Waals surface area contributed by atoms with Crippen LogP contribution in [0.1, 0.15) is 13.8 Å². The molecular weight excluding hydrogens is 170 g/mol. The first-order valence-electron chi connectivity index (χ1n) is 3.92. The lowest BCUT2D eigenvalue weighted by Gasteiger charge is -2.05. The Kier molecular flexibility index (Phi) is 5.37. The fraction of sp³-hybridized carbons (Fsp3) is 0.556. The van der Waals surface area contributed by atoms with E-state index in [0.717, 1.165) is 6.26 Å². The van der Waals surface area contributed by atoms with Crippen LogP contribution in [0.25, 0.3) is 0 Å². The van der Waals surface area contributed by atoms with Gasteiger partial charge >= 0.3 is 5.97 Å². The highest BCUT2D eigenvalue weighted by atomic mass is 16.5. The minimum absolute atomic E-state index is 0.122. The van der Waals surface area contributed by atoms with Crippen LogP contribution >= 0.6 is 0 Å². The molecule has 0 atom stereocenters. The molecule has 0 heterocycles. The fourth-order valence-corrected chi connectivity index (χ4v) is 0.558. The Balaban J connectivity index is 4.10.